The number of fused-ring (bicyclic) bond motifs is 1. The van der Waals surface area contributed by atoms with Crippen LogP contribution < -0.4 is 10.9 Å². The highest BCUT2D eigenvalue weighted by Gasteiger charge is 2.20. The Hall–Kier alpha value is -2.12. The molecule has 0 aliphatic rings. The third-order valence-electron chi connectivity index (χ3n) is 3.48. The molecule has 5 nitrogen and oxygen atoms in total. The van der Waals surface area contributed by atoms with E-state index in [4.69, 9.17) is 0 Å². The average molecular weight is 359 g/mol. The van der Waals surface area contributed by atoms with Crippen LogP contribution in [0.1, 0.15) is 22.8 Å². The Morgan fingerprint density at radius 3 is 2.88 bits per heavy atom. The zero-order valence-electron chi connectivity index (χ0n) is 13.2. The fourth-order valence-corrected chi connectivity index (χ4v) is 3.86. The summed E-state index contributed by atoms with van der Waals surface area (Å²) in [6.45, 7) is 2.45. The number of nitrogens with zero attached hydrogens (tertiary/aromatic N) is 2. The zero-order chi connectivity index (χ0) is 16.9. The largest absolute Gasteiger partial charge is 0.351 e. The van der Waals surface area contributed by atoms with Gasteiger partial charge in [-0.05, 0) is 17.7 Å². The topological polar surface area (TPSA) is 63.5 Å². The number of hydrogen-bond donors (Lipinski definition) is 1. The molecule has 0 saturated heterocycles. The second kappa shape index (κ2) is 7.63. The monoisotopic (exact) mass is 359 g/mol. The van der Waals surface area contributed by atoms with Gasteiger partial charge in [0.05, 0.1) is 0 Å². The lowest BCUT2D eigenvalue weighted by molar-refractivity contribution is 0.0948. The third-order valence-corrected chi connectivity index (χ3v) is 5.10. The zero-order valence-corrected chi connectivity index (χ0v) is 14.8. The minimum atomic E-state index is -0.361. The Kier molecular flexibility index (Phi) is 5.32. The Labute approximate surface area is 147 Å². The van der Waals surface area contributed by atoms with Gasteiger partial charge in [-0.2, -0.15) is 0 Å². The number of carbonyl (C=O) groups excluding carboxylic acids is 1. The summed E-state index contributed by atoms with van der Waals surface area (Å²) < 4.78 is 1.43. The van der Waals surface area contributed by atoms with Crippen LogP contribution in [0.4, 0.5) is 0 Å². The van der Waals surface area contributed by atoms with Gasteiger partial charge in [0.25, 0.3) is 11.5 Å². The molecule has 1 amide bonds. The van der Waals surface area contributed by atoms with E-state index in [0.29, 0.717) is 16.5 Å². The fraction of sp³-hybridized carbons (Fsp3) is 0.235. The second-order valence-electron chi connectivity index (χ2n) is 5.08. The summed E-state index contributed by atoms with van der Waals surface area (Å²) in [6, 6.07) is 9.91. The normalized spacial score (nSPS) is 10.9. The maximum Gasteiger partial charge on any atom is 0.272 e. The number of nitrogens with one attached hydrogen (secondary N) is 1. The Morgan fingerprint density at radius 2 is 2.12 bits per heavy atom. The van der Waals surface area contributed by atoms with E-state index in [-0.39, 0.29) is 17.0 Å². The molecule has 0 fully saturated rings. The third kappa shape index (κ3) is 3.52. The molecule has 7 heteroatoms. The molecular weight excluding hydrogens is 342 g/mol. The van der Waals surface area contributed by atoms with Crippen molar-refractivity contribution in [2.24, 2.45) is 0 Å². The van der Waals surface area contributed by atoms with Crippen LogP contribution in [0.25, 0.3) is 4.96 Å². The van der Waals surface area contributed by atoms with Crippen molar-refractivity contribution in [2.45, 2.75) is 18.4 Å². The van der Waals surface area contributed by atoms with E-state index in [9.17, 15) is 9.59 Å². The van der Waals surface area contributed by atoms with Gasteiger partial charge in [0.1, 0.15) is 10.6 Å². The maximum absolute atomic E-state index is 12.6. The molecule has 24 heavy (non-hydrogen) atoms. The van der Waals surface area contributed by atoms with Gasteiger partial charge in [0.2, 0.25) is 0 Å². The molecule has 0 aliphatic heterocycles. The van der Waals surface area contributed by atoms with Crippen molar-refractivity contribution in [1.82, 2.24) is 14.7 Å². The standard InChI is InChI=1S/C17H17N3O2S2/c1-2-23-15-13(16(22)20-10-11-24-17(20)19-15)14(21)18-9-8-12-6-4-3-5-7-12/h3-7,10-11H,2,8-9H2,1H3,(H,18,21). The van der Waals surface area contributed by atoms with Gasteiger partial charge < -0.3 is 5.32 Å². The summed E-state index contributed by atoms with van der Waals surface area (Å²) in [6.07, 6.45) is 2.37. The van der Waals surface area contributed by atoms with Crippen molar-refractivity contribution >= 4 is 34.0 Å². The van der Waals surface area contributed by atoms with Crippen LogP contribution in [-0.2, 0) is 6.42 Å². The molecule has 0 atom stereocenters. The minimum Gasteiger partial charge on any atom is -0.351 e. The lowest BCUT2D eigenvalue weighted by Crippen LogP contribution is -2.33. The molecule has 1 N–H and O–H groups in total. The van der Waals surface area contributed by atoms with Crippen LogP contribution in [0.5, 0.6) is 0 Å². The molecule has 0 saturated carbocycles. The highest BCUT2D eigenvalue weighted by molar-refractivity contribution is 7.99. The first-order chi connectivity index (χ1) is 11.7. The van der Waals surface area contributed by atoms with E-state index in [1.165, 1.54) is 27.5 Å². The summed E-state index contributed by atoms with van der Waals surface area (Å²) in [5.74, 6) is 0.387. The number of rotatable bonds is 6. The number of aromatic nitrogens is 2. The quantitative estimate of drug-likeness (QED) is 0.543. The van der Waals surface area contributed by atoms with Crippen molar-refractivity contribution in [3.63, 3.8) is 0 Å². The number of thiazole rings is 1. The van der Waals surface area contributed by atoms with Crippen molar-refractivity contribution in [3.05, 3.63) is 63.4 Å². The summed E-state index contributed by atoms with van der Waals surface area (Å²) in [5, 5.41) is 5.14. The summed E-state index contributed by atoms with van der Waals surface area (Å²) in [5.41, 5.74) is 0.962. The highest BCUT2D eigenvalue weighted by Crippen LogP contribution is 2.20. The average Bonchev–Trinajstić information content (AvgIpc) is 3.05. The first-order valence-corrected chi connectivity index (χ1v) is 9.52. The highest BCUT2D eigenvalue weighted by atomic mass is 32.2. The smallest absolute Gasteiger partial charge is 0.272 e. The molecule has 2 heterocycles. The fourth-order valence-electron chi connectivity index (χ4n) is 2.35. The van der Waals surface area contributed by atoms with E-state index in [0.717, 1.165) is 17.7 Å². The van der Waals surface area contributed by atoms with Gasteiger partial charge in [-0.1, -0.05) is 37.3 Å². The SMILES string of the molecule is CCSc1nc2sccn2c(=O)c1C(=O)NCCc1ccccc1. The van der Waals surface area contributed by atoms with Gasteiger partial charge in [-0.3, -0.25) is 14.0 Å². The molecular formula is C17H17N3O2S2. The van der Waals surface area contributed by atoms with E-state index in [2.05, 4.69) is 10.3 Å². The number of benzene rings is 1. The Balaban J connectivity index is 1.81. The molecule has 3 rings (SSSR count). The first-order valence-electron chi connectivity index (χ1n) is 7.65. The number of amides is 1. The van der Waals surface area contributed by atoms with E-state index < -0.39 is 0 Å². The van der Waals surface area contributed by atoms with E-state index >= 15 is 0 Å². The second-order valence-corrected chi connectivity index (χ2v) is 7.20. The van der Waals surface area contributed by atoms with Crippen molar-refractivity contribution in [1.29, 1.82) is 0 Å². The van der Waals surface area contributed by atoms with Crippen LogP contribution in [-0.4, -0.2) is 27.6 Å². The van der Waals surface area contributed by atoms with Crippen LogP contribution in [0.3, 0.4) is 0 Å². The molecule has 1 aromatic carbocycles. The van der Waals surface area contributed by atoms with Crippen molar-refractivity contribution < 1.29 is 4.79 Å². The number of thioether (sulfide) groups is 1. The molecule has 0 aliphatic carbocycles. The lowest BCUT2D eigenvalue weighted by atomic mass is 10.1. The van der Waals surface area contributed by atoms with Gasteiger partial charge in [0, 0.05) is 18.1 Å². The van der Waals surface area contributed by atoms with E-state index in [1.807, 2.05) is 37.3 Å². The maximum atomic E-state index is 12.6. The lowest BCUT2D eigenvalue weighted by Gasteiger charge is -2.09. The van der Waals surface area contributed by atoms with Gasteiger partial charge >= 0.3 is 0 Å². The molecule has 2 aromatic heterocycles. The van der Waals surface area contributed by atoms with E-state index in [1.54, 1.807) is 11.6 Å². The summed E-state index contributed by atoms with van der Waals surface area (Å²) in [7, 11) is 0. The molecule has 0 radical (unpaired) electrons. The van der Waals surface area contributed by atoms with Crippen LogP contribution in [0.15, 0.2) is 51.7 Å². The summed E-state index contributed by atoms with van der Waals surface area (Å²) >= 11 is 2.80. The molecule has 0 bridgehead atoms. The Morgan fingerprint density at radius 1 is 1.33 bits per heavy atom. The predicted molar refractivity (Wildman–Crippen MR) is 98.2 cm³/mol. The molecule has 3 aromatic rings. The molecule has 0 spiro atoms. The first kappa shape index (κ1) is 16.7. The van der Waals surface area contributed by atoms with Crippen molar-refractivity contribution in [2.75, 3.05) is 12.3 Å². The predicted octanol–water partition coefficient (Wildman–Crippen LogP) is 2.84. The molecule has 0 unspecified atom stereocenters. The van der Waals surface area contributed by atoms with Crippen molar-refractivity contribution in [3.8, 4) is 0 Å². The van der Waals surface area contributed by atoms with Gasteiger partial charge in [0.15, 0.2) is 4.96 Å². The number of carbonyl (C=O) groups is 1. The van der Waals surface area contributed by atoms with Crippen LogP contribution >= 0.6 is 23.1 Å². The van der Waals surface area contributed by atoms with Crippen LogP contribution in [0, 0.1) is 0 Å². The van der Waals surface area contributed by atoms with Gasteiger partial charge in [-0.15, -0.1) is 23.1 Å². The minimum absolute atomic E-state index is 0.130. The van der Waals surface area contributed by atoms with Gasteiger partial charge in [-0.25, -0.2) is 4.98 Å². The Bertz CT molecular complexity index is 903. The van der Waals surface area contributed by atoms with Crippen LogP contribution in [0.2, 0.25) is 0 Å². The molecule has 124 valence electrons. The summed E-state index contributed by atoms with van der Waals surface area (Å²) in [4.78, 5) is 30.2. The number of hydrogen-bond acceptors (Lipinski definition) is 5.